The molecule has 5 aliphatic heterocycles. The fourth-order valence-corrected chi connectivity index (χ4v) is 9.35. The van der Waals surface area contributed by atoms with Crippen molar-refractivity contribution in [1.29, 1.82) is 0 Å². The van der Waals surface area contributed by atoms with Gasteiger partial charge in [0.1, 0.15) is 30.3 Å². The Balaban J connectivity index is 1.22. The first-order valence-corrected chi connectivity index (χ1v) is 16.8. The van der Waals surface area contributed by atoms with E-state index >= 15 is 4.39 Å². The van der Waals surface area contributed by atoms with Crippen LogP contribution in [0.2, 0.25) is 10.0 Å². The molecular weight excluding hydrogens is 642 g/mol. The Morgan fingerprint density at radius 3 is 2.83 bits per heavy atom. The summed E-state index contributed by atoms with van der Waals surface area (Å²) in [6, 6.07) is 3.25. The molecular formula is C33H32Cl2F3N5O3. The first kappa shape index (κ1) is 29.2. The molecule has 0 amide bonds. The van der Waals surface area contributed by atoms with Crippen molar-refractivity contribution in [2.75, 3.05) is 37.7 Å². The standard InChI is InChI=1S/C33H32Cl2F3N5O3/c34-20-9-18(44)8-19(23(20)15-2-3-15)24-26(35)29-25-28(27(24)36)40-32(46-14-33-6-1-7-42(33)11-16(10-33)30(37)38)41-31(25)43-12-17-4-5-21(39-17)22(43)13-45-29/h8-9,15,17,21-22,39,44H,1-7,10-14H2. The van der Waals surface area contributed by atoms with Gasteiger partial charge in [0.05, 0.1) is 22.0 Å². The van der Waals surface area contributed by atoms with Crippen LogP contribution in [0.3, 0.4) is 0 Å². The number of aromatic hydroxyl groups is 1. The quantitative estimate of drug-likeness (QED) is 0.306. The molecule has 2 aromatic carbocycles. The molecule has 6 heterocycles. The Hall–Kier alpha value is -2.99. The van der Waals surface area contributed by atoms with Crippen molar-refractivity contribution in [2.45, 2.75) is 74.5 Å². The van der Waals surface area contributed by atoms with Gasteiger partial charge in [-0.15, -0.1) is 0 Å². The summed E-state index contributed by atoms with van der Waals surface area (Å²) >= 11 is 13.7. The number of anilines is 1. The highest BCUT2D eigenvalue weighted by atomic mass is 35.5. The average Bonchev–Trinajstić information content (AvgIpc) is 3.56. The SMILES string of the molecule is Oc1cc(Cl)c(C2CC2)c(-c2c(Cl)c3c4c(nc(OCC56CCCN5CC(=C(F)F)C6)nc4c2F)N2CC4CCC(N4)C2CO3)c1. The highest BCUT2D eigenvalue weighted by Gasteiger charge is 2.49. The highest BCUT2D eigenvalue weighted by Crippen LogP contribution is 2.54. The molecule has 6 aliphatic rings. The van der Waals surface area contributed by atoms with Crippen LogP contribution in [-0.2, 0) is 0 Å². The Bertz CT molecular complexity index is 1840. The lowest BCUT2D eigenvalue weighted by atomic mass is 9.94. The molecule has 3 aromatic rings. The molecule has 9 rings (SSSR count). The molecule has 2 N–H and O–H groups in total. The number of nitrogens with one attached hydrogen (secondary N) is 1. The van der Waals surface area contributed by atoms with Crippen LogP contribution in [0.15, 0.2) is 23.8 Å². The average molecular weight is 675 g/mol. The van der Waals surface area contributed by atoms with Crippen LogP contribution in [0.25, 0.3) is 22.0 Å². The first-order valence-electron chi connectivity index (χ1n) is 16.0. The second-order valence-corrected chi connectivity index (χ2v) is 14.5. The lowest BCUT2D eigenvalue weighted by Gasteiger charge is -2.40. The zero-order valence-electron chi connectivity index (χ0n) is 24.9. The number of hydrogen-bond acceptors (Lipinski definition) is 8. The van der Waals surface area contributed by atoms with Gasteiger partial charge in [-0.05, 0) is 80.7 Å². The van der Waals surface area contributed by atoms with E-state index in [-0.39, 0.29) is 82.8 Å². The molecule has 4 unspecified atom stereocenters. The Kier molecular flexibility index (Phi) is 6.66. The van der Waals surface area contributed by atoms with Crippen molar-refractivity contribution in [3.05, 3.63) is 45.2 Å². The van der Waals surface area contributed by atoms with E-state index in [1.807, 2.05) is 0 Å². The van der Waals surface area contributed by atoms with Crippen molar-refractivity contribution < 1.29 is 27.8 Å². The third-order valence-corrected chi connectivity index (χ3v) is 11.6. The predicted octanol–water partition coefficient (Wildman–Crippen LogP) is 6.80. The van der Waals surface area contributed by atoms with E-state index in [1.165, 1.54) is 12.1 Å². The van der Waals surface area contributed by atoms with Crippen LogP contribution in [-0.4, -0.2) is 76.5 Å². The molecule has 1 aliphatic carbocycles. The normalized spacial score (nSPS) is 28.3. The lowest BCUT2D eigenvalue weighted by molar-refractivity contribution is 0.108. The van der Waals surface area contributed by atoms with Gasteiger partial charge < -0.3 is 24.8 Å². The van der Waals surface area contributed by atoms with Gasteiger partial charge in [-0.2, -0.15) is 18.7 Å². The Morgan fingerprint density at radius 2 is 2.02 bits per heavy atom. The zero-order chi connectivity index (χ0) is 31.5. The molecule has 13 heteroatoms. The number of benzene rings is 2. The highest BCUT2D eigenvalue weighted by molar-refractivity contribution is 6.37. The van der Waals surface area contributed by atoms with Gasteiger partial charge in [0.25, 0.3) is 6.08 Å². The summed E-state index contributed by atoms with van der Waals surface area (Å²) in [6.45, 7) is 1.97. The second-order valence-electron chi connectivity index (χ2n) is 13.7. The predicted molar refractivity (Wildman–Crippen MR) is 168 cm³/mol. The maximum Gasteiger partial charge on any atom is 0.319 e. The fourth-order valence-electron chi connectivity index (χ4n) is 8.65. The van der Waals surface area contributed by atoms with Gasteiger partial charge in [-0.3, -0.25) is 4.90 Å². The number of hydrogen-bond donors (Lipinski definition) is 2. The monoisotopic (exact) mass is 673 g/mol. The van der Waals surface area contributed by atoms with Gasteiger partial charge in [-0.1, -0.05) is 23.2 Å². The summed E-state index contributed by atoms with van der Waals surface area (Å²) in [5.41, 5.74) is 0.735. The fraction of sp³-hybridized carbons (Fsp3) is 0.515. The van der Waals surface area contributed by atoms with E-state index in [0.717, 1.165) is 37.7 Å². The summed E-state index contributed by atoms with van der Waals surface area (Å²) in [5.74, 6) is 0.103. The molecule has 5 fully saturated rings. The van der Waals surface area contributed by atoms with E-state index < -0.39 is 17.4 Å². The van der Waals surface area contributed by atoms with Gasteiger partial charge in [-0.25, -0.2) is 4.39 Å². The number of phenolic OH excluding ortho intramolecular Hbond substituents is 1. The number of ether oxygens (including phenoxy) is 2. The topological polar surface area (TPSA) is 83.0 Å². The minimum atomic E-state index is -1.63. The van der Waals surface area contributed by atoms with Crippen LogP contribution >= 0.6 is 23.2 Å². The number of aromatic nitrogens is 2. The molecule has 8 nitrogen and oxygen atoms in total. The van der Waals surface area contributed by atoms with Gasteiger partial charge in [0.2, 0.25) is 0 Å². The molecule has 242 valence electrons. The Labute approximate surface area is 273 Å². The Morgan fingerprint density at radius 1 is 1.17 bits per heavy atom. The molecule has 1 aromatic heterocycles. The van der Waals surface area contributed by atoms with Crippen LogP contribution in [0.5, 0.6) is 17.5 Å². The molecule has 4 saturated heterocycles. The summed E-state index contributed by atoms with van der Waals surface area (Å²) < 4.78 is 57.1. The van der Waals surface area contributed by atoms with E-state index in [9.17, 15) is 13.9 Å². The van der Waals surface area contributed by atoms with Crippen LogP contribution in [0.1, 0.15) is 56.4 Å². The van der Waals surface area contributed by atoms with E-state index in [2.05, 4.69) is 20.1 Å². The molecule has 0 spiro atoms. The molecule has 0 radical (unpaired) electrons. The maximum absolute atomic E-state index is 17.1. The van der Waals surface area contributed by atoms with E-state index in [4.69, 9.17) is 37.7 Å². The molecule has 4 atom stereocenters. The van der Waals surface area contributed by atoms with E-state index in [1.54, 1.807) is 0 Å². The first-order chi connectivity index (χ1) is 22.2. The smallest absolute Gasteiger partial charge is 0.319 e. The second kappa shape index (κ2) is 10.5. The van der Waals surface area contributed by atoms with Crippen molar-refractivity contribution >= 4 is 39.9 Å². The third-order valence-electron chi connectivity index (χ3n) is 10.9. The lowest BCUT2D eigenvalue weighted by Crippen LogP contribution is -2.60. The summed E-state index contributed by atoms with van der Waals surface area (Å²) in [5, 5.41) is 15.0. The summed E-state index contributed by atoms with van der Waals surface area (Å²) in [6.07, 6.45) is 3.95. The van der Waals surface area contributed by atoms with Crippen molar-refractivity contribution in [1.82, 2.24) is 20.2 Å². The molecule has 1 saturated carbocycles. The summed E-state index contributed by atoms with van der Waals surface area (Å²) in [4.78, 5) is 13.7. The van der Waals surface area contributed by atoms with Crippen LogP contribution < -0.4 is 19.7 Å². The number of piperazine rings is 1. The van der Waals surface area contributed by atoms with Gasteiger partial charge in [0, 0.05) is 41.3 Å². The molecule has 2 bridgehead atoms. The third kappa shape index (κ3) is 4.41. The number of halogens is 5. The summed E-state index contributed by atoms with van der Waals surface area (Å²) in [7, 11) is 0. The largest absolute Gasteiger partial charge is 0.508 e. The van der Waals surface area contributed by atoms with Gasteiger partial charge in [0.15, 0.2) is 11.6 Å². The number of rotatable bonds is 5. The van der Waals surface area contributed by atoms with E-state index in [0.29, 0.717) is 47.9 Å². The number of fused-ring (bicyclic) bond motifs is 6. The van der Waals surface area contributed by atoms with Crippen molar-refractivity contribution in [3.8, 4) is 28.6 Å². The van der Waals surface area contributed by atoms with Crippen LogP contribution in [0.4, 0.5) is 19.0 Å². The number of nitrogens with zero attached hydrogens (tertiary/aromatic N) is 4. The van der Waals surface area contributed by atoms with Crippen molar-refractivity contribution in [2.24, 2.45) is 0 Å². The van der Waals surface area contributed by atoms with Gasteiger partial charge >= 0.3 is 6.01 Å². The minimum absolute atomic E-state index is 0.00951. The number of phenols is 1. The van der Waals surface area contributed by atoms with Crippen LogP contribution in [0, 0.1) is 5.82 Å². The molecule has 46 heavy (non-hydrogen) atoms. The minimum Gasteiger partial charge on any atom is -0.508 e. The zero-order valence-corrected chi connectivity index (χ0v) is 26.4. The van der Waals surface area contributed by atoms with Crippen molar-refractivity contribution in [3.63, 3.8) is 0 Å². The maximum atomic E-state index is 17.1.